The van der Waals surface area contributed by atoms with E-state index in [2.05, 4.69) is 5.32 Å². The van der Waals surface area contributed by atoms with Crippen molar-refractivity contribution in [3.8, 4) is 5.75 Å². The largest absolute Gasteiger partial charge is 0.489 e. The van der Waals surface area contributed by atoms with Gasteiger partial charge in [0.15, 0.2) is 0 Å². The van der Waals surface area contributed by atoms with Gasteiger partial charge in [-0.3, -0.25) is 0 Å². The van der Waals surface area contributed by atoms with Gasteiger partial charge < -0.3 is 24.6 Å². The summed E-state index contributed by atoms with van der Waals surface area (Å²) in [5, 5.41) is 11.5. The van der Waals surface area contributed by atoms with E-state index in [1.54, 1.807) is 57.2 Å². The highest BCUT2D eigenvalue weighted by molar-refractivity contribution is 5.87. The second-order valence-corrected chi connectivity index (χ2v) is 7.86. The van der Waals surface area contributed by atoms with Gasteiger partial charge in [0.1, 0.15) is 24.0 Å². The third-order valence-electron chi connectivity index (χ3n) is 4.15. The first kappa shape index (κ1) is 23.7. The molecule has 0 saturated heterocycles. The predicted octanol–water partition coefficient (Wildman–Crippen LogP) is 3.57. The van der Waals surface area contributed by atoms with Crippen LogP contribution in [0, 0.1) is 0 Å². The molecule has 8 nitrogen and oxygen atoms in total. The zero-order chi connectivity index (χ0) is 23.0. The number of benzene rings is 2. The molecule has 2 aromatic rings. The zero-order valence-corrected chi connectivity index (χ0v) is 18.0. The van der Waals surface area contributed by atoms with Gasteiger partial charge in [0.2, 0.25) is 0 Å². The van der Waals surface area contributed by atoms with Crippen molar-refractivity contribution >= 4 is 18.0 Å². The van der Waals surface area contributed by atoms with Crippen LogP contribution in [0.2, 0.25) is 0 Å². The first-order chi connectivity index (χ1) is 14.6. The maximum atomic E-state index is 12.1. The summed E-state index contributed by atoms with van der Waals surface area (Å²) in [6, 6.07) is 12.6. The van der Waals surface area contributed by atoms with Crippen LogP contribution in [0.15, 0.2) is 48.5 Å². The van der Waals surface area contributed by atoms with E-state index < -0.39 is 29.7 Å². The maximum absolute atomic E-state index is 12.1. The molecule has 1 unspecified atom stereocenters. The molecule has 0 spiro atoms. The Bertz CT molecular complexity index is 899. The van der Waals surface area contributed by atoms with Crippen molar-refractivity contribution in [3.63, 3.8) is 0 Å². The molecule has 166 valence electrons. The fourth-order valence-electron chi connectivity index (χ4n) is 2.65. The van der Waals surface area contributed by atoms with Gasteiger partial charge >= 0.3 is 18.0 Å². The number of carbonyl (C=O) groups excluding carboxylic acids is 2. The quantitative estimate of drug-likeness (QED) is 0.617. The van der Waals surface area contributed by atoms with Gasteiger partial charge in [-0.1, -0.05) is 24.3 Å². The number of hydrogen-bond donors (Lipinski definition) is 2. The lowest BCUT2D eigenvalue weighted by molar-refractivity contribution is -0.143. The number of carboxylic acid groups (broad SMARTS) is 1. The summed E-state index contributed by atoms with van der Waals surface area (Å²) >= 11 is 0. The Kier molecular flexibility index (Phi) is 8.01. The van der Waals surface area contributed by atoms with Gasteiger partial charge in [0.05, 0.1) is 12.7 Å². The van der Waals surface area contributed by atoms with Crippen molar-refractivity contribution in [1.82, 2.24) is 5.32 Å². The van der Waals surface area contributed by atoms with Crippen LogP contribution in [-0.2, 0) is 27.3 Å². The number of nitrogens with one attached hydrogen (secondary N) is 1. The summed E-state index contributed by atoms with van der Waals surface area (Å²) in [4.78, 5) is 35.0. The van der Waals surface area contributed by atoms with E-state index in [1.807, 2.05) is 0 Å². The second kappa shape index (κ2) is 10.5. The number of amides is 1. The maximum Gasteiger partial charge on any atom is 0.408 e. The Morgan fingerprint density at radius 1 is 0.968 bits per heavy atom. The molecule has 2 rings (SSSR count). The second-order valence-electron chi connectivity index (χ2n) is 7.86. The van der Waals surface area contributed by atoms with Crippen molar-refractivity contribution in [2.24, 2.45) is 0 Å². The van der Waals surface area contributed by atoms with Gasteiger partial charge in [-0.15, -0.1) is 0 Å². The van der Waals surface area contributed by atoms with E-state index >= 15 is 0 Å². The minimum Gasteiger partial charge on any atom is -0.489 e. The van der Waals surface area contributed by atoms with Crippen LogP contribution >= 0.6 is 0 Å². The third-order valence-corrected chi connectivity index (χ3v) is 4.15. The van der Waals surface area contributed by atoms with E-state index in [0.717, 1.165) is 11.1 Å². The smallest absolute Gasteiger partial charge is 0.408 e. The third kappa shape index (κ3) is 8.00. The summed E-state index contributed by atoms with van der Waals surface area (Å²) in [5.41, 5.74) is 1.16. The van der Waals surface area contributed by atoms with Gasteiger partial charge in [-0.05, 0) is 56.2 Å². The van der Waals surface area contributed by atoms with Crippen molar-refractivity contribution in [3.05, 3.63) is 65.2 Å². The van der Waals surface area contributed by atoms with E-state index in [1.165, 1.54) is 19.2 Å². The number of aromatic carboxylic acids is 1. The normalized spacial score (nSPS) is 11.9. The van der Waals surface area contributed by atoms with E-state index in [0.29, 0.717) is 5.75 Å². The standard InChI is InChI=1S/C23H27NO7/c1-23(2,3)31-22(28)24-19(21(27)29-4)13-15-7-11-18(12-8-15)30-14-16-5-9-17(10-6-16)20(25)26/h5-12,19H,13-14H2,1-4H3,(H,24,28)(H,25,26). The molecular formula is C23H27NO7. The van der Waals surface area contributed by atoms with Crippen molar-refractivity contribution < 1.29 is 33.7 Å². The van der Waals surface area contributed by atoms with Gasteiger partial charge in [0, 0.05) is 6.42 Å². The number of carbonyl (C=O) groups is 3. The molecule has 0 bridgehead atoms. The number of ether oxygens (including phenoxy) is 3. The molecule has 0 fully saturated rings. The predicted molar refractivity (Wildman–Crippen MR) is 113 cm³/mol. The molecule has 0 saturated carbocycles. The molecule has 0 aliphatic heterocycles. The van der Waals surface area contributed by atoms with Gasteiger partial charge in [-0.2, -0.15) is 0 Å². The number of hydrogen-bond acceptors (Lipinski definition) is 6. The average Bonchev–Trinajstić information content (AvgIpc) is 2.71. The van der Waals surface area contributed by atoms with Gasteiger partial charge in [0.25, 0.3) is 0 Å². The molecule has 0 aliphatic rings. The fraction of sp³-hybridized carbons (Fsp3) is 0.348. The molecule has 31 heavy (non-hydrogen) atoms. The summed E-state index contributed by atoms with van der Waals surface area (Å²) < 4.78 is 15.7. The van der Waals surface area contributed by atoms with Crippen molar-refractivity contribution in [2.75, 3.05) is 7.11 Å². The molecule has 0 aromatic heterocycles. The molecular weight excluding hydrogens is 402 g/mol. The summed E-state index contributed by atoms with van der Waals surface area (Å²) in [5.74, 6) is -0.939. The highest BCUT2D eigenvalue weighted by Crippen LogP contribution is 2.16. The topological polar surface area (TPSA) is 111 Å². The van der Waals surface area contributed by atoms with Crippen LogP contribution in [0.4, 0.5) is 4.79 Å². The van der Waals surface area contributed by atoms with Crippen molar-refractivity contribution in [2.45, 2.75) is 45.4 Å². The summed E-state index contributed by atoms with van der Waals surface area (Å²) in [7, 11) is 1.26. The highest BCUT2D eigenvalue weighted by Gasteiger charge is 2.25. The zero-order valence-electron chi connectivity index (χ0n) is 18.0. The van der Waals surface area contributed by atoms with Crippen LogP contribution in [0.25, 0.3) is 0 Å². The van der Waals surface area contributed by atoms with E-state index in [-0.39, 0.29) is 18.6 Å². The lowest BCUT2D eigenvalue weighted by Gasteiger charge is -2.22. The average molecular weight is 429 g/mol. The molecule has 2 aromatic carbocycles. The first-order valence-corrected chi connectivity index (χ1v) is 9.68. The first-order valence-electron chi connectivity index (χ1n) is 9.68. The minimum atomic E-state index is -0.977. The molecule has 2 N–H and O–H groups in total. The molecule has 0 heterocycles. The van der Waals surface area contributed by atoms with Crippen LogP contribution in [0.1, 0.15) is 42.3 Å². The number of carboxylic acids is 1. The number of alkyl carbamates (subject to hydrolysis) is 1. The lowest BCUT2D eigenvalue weighted by atomic mass is 10.1. The Hall–Kier alpha value is -3.55. The molecule has 8 heteroatoms. The molecule has 0 aliphatic carbocycles. The summed E-state index contributed by atoms with van der Waals surface area (Å²) in [6.07, 6.45) is -0.472. The SMILES string of the molecule is COC(=O)C(Cc1ccc(OCc2ccc(C(=O)O)cc2)cc1)NC(=O)OC(C)(C)C. The van der Waals surface area contributed by atoms with Crippen LogP contribution in [0.3, 0.4) is 0 Å². The fourth-order valence-corrected chi connectivity index (χ4v) is 2.65. The van der Waals surface area contributed by atoms with E-state index in [9.17, 15) is 14.4 Å². The molecule has 1 amide bonds. The van der Waals surface area contributed by atoms with Gasteiger partial charge in [-0.25, -0.2) is 14.4 Å². The van der Waals surface area contributed by atoms with Crippen LogP contribution < -0.4 is 10.1 Å². The Morgan fingerprint density at radius 2 is 1.55 bits per heavy atom. The summed E-state index contributed by atoms with van der Waals surface area (Å²) in [6.45, 7) is 5.49. The van der Waals surface area contributed by atoms with E-state index in [4.69, 9.17) is 19.3 Å². The monoisotopic (exact) mass is 429 g/mol. The van der Waals surface area contributed by atoms with Crippen molar-refractivity contribution in [1.29, 1.82) is 0 Å². The number of methoxy groups -OCH3 is 1. The Labute approximate surface area is 181 Å². The molecule has 1 atom stereocenters. The van der Waals surface area contributed by atoms with Crippen LogP contribution in [0.5, 0.6) is 5.75 Å². The lowest BCUT2D eigenvalue weighted by Crippen LogP contribution is -2.45. The van der Waals surface area contributed by atoms with Crippen LogP contribution in [-0.4, -0.2) is 41.9 Å². The Balaban J connectivity index is 1.95. The molecule has 0 radical (unpaired) electrons. The number of rotatable bonds is 8. The highest BCUT2D eigenvalue weighted by atomic mass is 16.6. The number of esters is 1. The minimum absolute atomic E-state index is 0.216. The Morgan fingerprint density at radius 3 is 2.06 bits per heavy atom.